The van der Waals surface area contributed by atoms with E-state index in [1.807, 2.05) is 18.2 Å². The van der Waals surface area contributed by atoms with Gasteiger partial charge < -0.3 is 0 Å². The zero-order valence-electron chi connectivity index (χ0n) is 12.3. The Morgan fingerprint density at radius 2 is 1.95 bits per heavy atom. The molecule has 0 saturated heterocycles. The quantitative estimate of drug-likeness (QED) is 0.482. The molecule has 0 heterocycles. The van der Waals surface area contributed by atoms with Gasteiger partial charge in [0.05, 0.1) is 0 Å². The van der Waals surface area contributed by atoms with E-state index >= 15 is 0 Å². The van der Waals surface area contributed by atoms with Crippen LogP contribution in [0, 0.1) is 5.82 Å². The molecular formula is C20H19F. The summed E-state index contributed by atoms with van der Waals surface area (Å²) in [5, 5.41) is 4.09. The van der Waals surface area contributed by atoms with Crippen molar-refractivity contribution in [3.63, 3.8) is 0 Å². The van der Waals surface area contributed by atoms with E-state index in [1.54, 1.807) is 6.07 Å². The smallest absolute Gasteiger partial charge is 0.131 e. The Morgan fingerprint density at radius 3 is 2.81 bits per heavy atom. The molecule has 21 heavy (non-hydrogen) atoms. The lowest BCUT2D eigenvalue weighted by atomic mass is 9.79. The maximum atomic E-state index is 14.7. The molecule has 0 saturated carbocycles. The Kier molecular flexibility index (Phi) is 2.95. The first-order valence-corrected chi connectivity index (χ1v) is 7.92. The zero-order valence-corrected chi connectivity index (χ0v) is 12.3. The third kappa shape index (κ3) is 1.87. The highest BCUT2D eigenvalue weighted by atomic mass is 19.1. The fourth-order valence-electron chi connectivity index (χ4n) is 3.99. The molecule has 4 rings (SSSR count). The normalized spacial score (nSPS) is 18.1. The van der Waals surface area contributed by atoms with Crippen LogP contribution in [-0.4, -0.2) is 0 Å². The first-order chi connectivity index (χ1) is 10.3. The Hall–Kier alpha value is -1.89. The lowest BCUT2D eigenvalue weighted by Crippen LogP contribution is -2.10. The van der Waals surface area contributed by atoms with Crippen LogP contribution in [0.1, 0.15) is 43.2 Å². The van der Waals surface area contributed by atoms with Crippen molar-refractivity contribution in [2.24, 2.45) is 0 Å². The monoisotopic (exact) mass is 278 g/mol. The fourth-order valence-corrected chi connectivity index (χ4v) is 3.99. The summed E-state index contributed by atoms with van der Waals surface area (Å²) in [6, 6.07) is 14.2. The Bertz CT molecular complexity index is 832. The van der Waals surface area contributed by atoms with Gasteiger partial charge in [-0.25, -0.2) is 4.39 Å². The van der Waals surface area contributed by atoms with E-state index in [0.29, 0.717) is 5.92 Å². The van der Waals surface area contributed by atoms with E-state index in [0.717, 1.165) is 34.4 Å². The fraction of sp³-hybridized carbons (Fsp3) is 0.300. The second kappa shape index (κ2) is 4.84. The van der Waals surface area contributed by atoms with Gasteiger partial charge in [0.2, 0.25) is 0 Å². The summed E-state index contributed by atoms with van der Waals surface area (Å²) in [7, 11) is 0. The summed E-state index contributed by atoms with van der Waals surface area (Å²) in [6.07, 6.45) is 4.58. The largest absolute Gasteiger partial charge is 0.206 e. The van der Waals surface area contributed by atoms with E-state index in [-0.39, 0.29) is 5.82 Å². The van der Waals surface area contributed by atoms with E-state index in [2.05, 4.69) is 25.1 Å². The van der Waals surface area contributed by atoms with Crippen LogP contribution < -0.4 is 0 Å². The Balaban J connectivity index is 2.13. The van der Waals surface area contributed by atoms with Crippen LogP contribution in [0.15, 0.2) is 42.5 Å². The summed E-state index contributed by atoms with van der Waals surface area (Å²) >= 11 is 0. The van der Waals surface area contributed by atoms with Gasteiger partial charge in [0, 0.05) is 5.39 Å². The predicted molar refractivity (Wildman–Crippen MR) is 87.4 cm³/mol. The van der Waals surface area contributed by atoms with Crippen LogP contribution in [0.25, 0.3) is 21.5 Å². The minimum Gasteiger partial charge on any atom is -0.206 e. The molecule has 3 aromatic rings. The molecule has 0 N–H and O–H groups in total. The van der Waals surface area contributed by atoms with Crippen molar-refractivity contribution in [3.05, 3.63) is 59.4 Å². The lowest BCUT2D eigenvalue weighted by Gasteiger charge is -2.26. The molecule has 0 spiro atoms. The van der Waals surface area contributed by atoms with Crippen LogP contribution in [0.3, 0.4) is 0 Å². The SMILES string of the molecule is CCC1CCCc2c1ccc1c2c(F)cc2ccccc21. The molecule has 0 radical (unpaired) electrons. The summed E-state index contributed by atoms with van der Waals surface area (Å²) in [6.45, 7) is 2.24. The van der Waals surface area contributed by atoms with Crippen molar-refractivity contribution < 1.29 is 4.39 Å². The number of halogens is 1. The number of aryl methyl sites for hydroxylation is 1. The van der Waals surface area contributed by atoms with Crippen molar-refractivity contribution in [3.8, 4) is 0 Å². The van der Waals surface area contributed by atoms with Gasteiger partial charge in [0.1, 0.15) is 5.82 Å². The van der Waals surface area contributed by atoms with Crippen LogP contribution in [-0.2, 0) is 6.42 Å². The molecule has 1 aliphatic rings. The third-order valence-corrected chi connectivity index (χ3v) is 5.03. The molecule has 3 aromatic carbocycles. The van der Waals surface area contributed by atoms with Gasteiger partial charge in [-0.3, -0.25) is 0 Å². The van der Waals surface area contributed by atoms with E-state index in [9.17, 15) is 4.39 Å². The van der Waals surface area contributed by atoms with E-state index in [4.69, 9.17) is 0 Å². The molecule has 0 bridgehead atoms. The second-order valence-corrected chi connectivity index (χ2v) is 6.13. The van der Waals surface area contributed by atoms with Crippen molar-refractivity contribution in [2.75, 3.05) is 0 Å². The first-order valence-electron chi connectivity index (χ1n) is 7.92. The molecule has 0 nitrogen and oxygen atoms in total. The minimum absolute atomic E-state index is 0.0581. The van der Waals surface area contributed by atoms with Crippen LogP contribution >= 0.6 is 0 Å². The molecule has 106 valence electrons. The minimum atomic E-state index is -0.0581. The highest BCUT2D eigenvalue weighted by molar-refractivity contribution is 6.09. The summed E-state index contributed by atoms with van der Waals surface area (Å²) in [5.74, 6) is 0.543. The number of rotatable bonds is 1. The summed E-state index contributed by atoms with van der Waals surface area (Å²) in [5.41, 5.74) is 2.64. The Morgan fingerprint density at radius 1 is 1.10 bits per heavy atom. The molecule has 0 fully saturated rings. The van der Waals surface area contributed by atoms with Crippen LogP contribution in [0.2, 0.25) is 0 Å². The van der Waals surface area contributed by atoms with Crippen molar-refractivity contribution in [2.45, 2.75) is 38.5 Å². The summed E-state index contributed by atoms with van der Waals surface area (Å²) < 4.78 is 14.7. The van der Waals surface area contributed by atoms with Gasteiger partial charge in [0.25, 0.3) is 0 Å². The average molecular weight is 278 g/mol. The van der Waals surface area contributed by atoms with Crippen LogP contribution in [0.5, 0.6) is 0 Å². The maximum absolute atomic E-state index is 14.7. The number of hydrogen-bond acceptors (Lipinski definition) is 0. The van der Waals surface area contributed by atoms with Crippen molar-refractivity contribution in [1.29, 1.82) is 0 Å². The van der Waals surface area contributed by atoms with Crippen LogP contribution in [0.4, 0.5) is 4.39 Å². The lowest BCUT2D eigenvalue weighted by molar-refractivity contribution is 0.540. The highest BCUT2D eigenvalue weighted by Crippen LogP contribution is 2.40. The standard InChI is InChI=1S/C20H19F/c1-2-13-7-5-9-17-16(13)10-11-18-15-8-4-3-6-14(15)12-19(21)20(17)18/h3-4,6,8,10-13H,2,5,7,9H2,1H3. The Labute approximate surface area is 124 Å². The van der Waals surface area contributed by atoms with Gasteiger partial charge in [-0.05, 0) is 65.0 Å². The third-order valence-electron chi connectivity index (χ3n) is 5.03. The molecule has 0 aliphatic heterocycles. The molecule has 1 aliphatic carbocycles. The maximum Gasteiger partial charge on any atom is 0.131 e. The molecular weight excluding hydrogens is 259 g/mol. The van der Waals surface area contributed by atoms with Gasteiger partial charge >= 0.3 is 0 Å². The van der Waals surface area contributed by atoms with Crippen molar-refractivity contribution in [1.82, 2.24) is 0 Å². The average Bonchev–Trinajstić information content (AvgIpc) is 2.53. The zero-order chi connectivity index (χ0) is 14.4. The number of fused-ring (bicyclic) bond motifs is 5. The molecule has 0 amide bonds. The highest BCUT2D eigenvalue weighted by Gasteiger charge is 2.22. The van der Waals surface area contributed by atoms with Gasteiger partial charge in [-0.1, -0.05) is 43.3 Å². The van der Waals surface area contributed by atoms with Gasteiger partial charge in [-0.2, -0.15) is 0 Å². The molecule has 1 unspecified atom stereocenters. The molecule has 0 aromatic heterocycles. The first kappa shape index (κ1) is 12.8. The topological polar surface area (TPSA) is 0 Å². The summed E-state index contributed by atoms with van der Waals surface area (Å²) in [4.78, 5) is 0. The van der Waals surface area contributed by atoms with E-state index < -0.39 is 0 Å². The van der Waals surface area contributed by atoms with Gasteiger partial charge in [-0.15, -0.1) is 0 Å². The number of benzene rings is 3. The van der Waals surface area contributed by atoms with E-state index in [1.165, 1.54) is 24.0 Å². The molecule has 1 heteroatoms. The van der Waals surface area contributed by atoms with Gasteiger partial charge in [0.15, 0.2) is 0 Å². The number of hydrogen-bond donors (Lipinski definition) is 0. The second-order valence-electron chi connectivity index (χ2n) is 6.13. The predicted octanol–water partition coefficient (Wildman–Crippen LogP) is 5.96. The molecule has 1 atom stereocenters. The van der Waals surface area contributed by atoms with Crippen molar-refractivity contribution >= 4 is 21.5 Å².